The Hall–Kier alpha value is -0.650. The van der Waals surface area contributed by atoms with Gasteiger partial charge in [-0.25, -0.2) is 0 Å². The van der Waals surface area contributed by atoms with Crippen molar-refractivity contribution in [3.8, 4) is 0 Å². The fourth-order valence-corrected chi connectivity index (χ4v) is 2.68. The average molecular weight is 285 g/mol. The molecule has 1 rings (SSSR count). The van der Waals surface area contributed by atoms with Gasteiger partial charge < -0.3 is 19.9 Å². The van der Waals surface area contributed by atoms with Crippen molar-refractivity contribution in [3.05, 3.63) is 0 Å². The van der Waals surface area contributed by atoms with Crippen LogP contribution in [0.2, 0.25) is 0 Å². The smallest absolute Gasteiger partial charge is 0.222 e. The molecule has 5 nitrogen and oxygen atoms in total. The largest absolute Gasteiger partial charge is 0.383 e. The number of hydrogen-bond donors (Lipinski definition) is 1. The van der Waals surface area contributed by atoms with Crippen molar-refractivity contribution in [3.63, 3.8) is 0 Å². The molecule has 1 heterocycles. The van der Waals surface area contributed by atoms with Gasteiger partial charge in [-0.1, -0.05) is 0 Å². The molecule has 5 heteroatoms. The van der Waals surface area contributed by atoms with Crippen LogP contribution in [0.15, 0.2) is 0 Å². The number of likely N-dealkylation sites (tertiary alicyclic amines) is 1. The lowest BCUT2D eigenvalue weighted by molar-refractivity contribution is -0.128. The fraction of sp³-hybridized carbons (Fsp3) is 0.933. The van der Waals surface area contributed by atoms with E-state index in [1.165, 1.54) is 19.4 Å². The molecule has 1 amide bonds. The number of carbonyl (C=O) groups is 1. The van der Waals surface area contributed by atoms with E-state index in [1.807, 2.05) is 14.1 Å². The van der Waals surface area contributed by atoms with Crippen LogP contribution >= 0.6 is 0 Å². The zero-order valence-electron chi connectivity index (χ0n) is 13.4. The Labute approximate surface area is 123 Å². The highest BCUT2D eigenvalue weighted by Crippen LogP contribution is 2.16. The van der Waals surface area contributed by atoms with Gasteiger partial charge in [-0.3, -0.25) is 4.79 Å². The zero-order valence-corrected chi connectivity index (χ0v) is 13.4. The van der Waals surface area contributed by atoms with Crippen LogP contribution in [0.3, 0.4) is 0 Å². The van der Waals surface area contributed by atoms with E-state index in [0.29, 0.717) is 6.42 Å². The molecule has 1 aliphatic heterocycles. The maximum absolute atomic E-state index is 11.5. The predicted molar refractivity (Wildman–Crippen MR) is 81.8 cm³/mol. The van der Waals surface area contributed by atoms with Crippen LogP contribution in [0.25, 0.3) is 0 Å². The Morgan fingerprint density at radius 1 is 1.45 bits per heavy atom. The number of rotatable bonds is 9. The topological polar surface area (TPSA) is 44.8 Å². The van der Waals surface area contributed by atoms with E-state index >= 15 is 0 Å². The van der Waals surface area contributed by atoms with Crippen molar-refractivity contribution in [1.82, 2.24) is 15.1 Å². The molecule has 0 aromatic rings. The monoisotopic (exact) mass is 285 g/mol. The molecule has 0 saturated carbocycles. The van der Waals surface area contributed by atoms with E-state index in [-0.39, 0.29) is 5.91 Å². The van der Waals surface area contributed by atoms with E-state index in [2.05, 4.69) is 10.2 Å². The van der Waals surface area contributed by atoms with Gasteiger partial charge in [0.05, 0.1) is 6.61 Å². The highest BCUT2D eigenvalue weighted by atomic mass is 16.5. The molecular weight excluding hydrogens is 254 g/mol. The summed E-state index contributed by atoms with van der Waals surface area (Å²) in [6.07, 6.45) is 4.23. The van der Waals surface area contributed by atoms with Gasteiger partial charge in [0.2, 0.25) is 5.91 Å². The van der Waals surface area contributed by atoms with E-state index in [4.69, 9.17) is 4.74 Å². The summed E-state index contributed by atoms with van der Waals surface area (Å²) in [5, 5.41) is 3.45. The first-order valence-corrected chi connectivity index (χ1v) is 7.75. The lowest BCUT2D eigenvalue weighted by Gasteiger charge is -2.33. The number of carbonyl (C=O) groups excluding carboxylic acids is 1. The SMILES string of the molecule is COCCNCC1CCCN(CCCC(=O)N(C)C)C1. The summed E-state index contributed by atoms with van der Waals surface area (Å²) in [5.41, 5.74) is 0. The number of methoxy groups -OCH3 is 1. The Morgan fingerprint density at radius 2 is 2.25 bits per heavy atom. The first kappa shape index (κ1) is 17.4. The van der Waals surface area contributed by atoms with Gasteiger partial charge in [0.15, 0.2) is 0 Å². The molecular formula is C15H31N3O2. The van der Waals surface area contributed by atoms with Crippen LogP contribution in [0.1, 0.15) is 25.7 Å². The maximum atomic E-state index is 11.5. The second kappa shape index (κ2) is 10.1. The summed E-state index contributed by atoms with van der Waals surface area (Å²) in [7, 11) is 5.38. The second-order valence-corrected chi connectivity index (χ2v) is 5.90. The molecule has 0 radical (unpaired) electrons. The van der Waals surface area contributed by atoms with Crippen LogP contribution in [-0.2, 0) is 9.53 Å². The van der Waals surface area contributed by atoms with Crippen molar-refractivity contribution in [1.29, 1.82) is 0 Å². The summed E-state index contributed by atoms with van der Waals surface area (Å²) < 4.78 is 5.04. The normalized spacial score (nSPS) is 20.1. The van der Waals surface area contributed by atoms with Gasteiger partial charge in [-0.2, -0.15) is 0 Å². The highest BCUT2D eigenvalue weighted by molar-refractivity contribution is 5.75. The lowest BCUT2D eigenvalue weighted by Crippen LogP contribution is -2.40. The summed E-state index contributed by atoms with van der Waals surface area (Å²) in [4.78, 5) is 15.7. The van der Waals surface area contributed by atoms with Gasteiger partial charge in [-0.15, -0.1) is 0 Å². The molecule has 0 aromatic carbocycles. The standard InChI is InChI=1S/C15H31N3O2/c1-17(2)15(19)7-5-10-18-9-4-6-14(13-18)12-16-8-11-20-3/h14,16H,4-13H2,1-3H3. The Kier molecular flexibility index (Phi) is 8.82. The van der Waals surface area contributed by atoms with Gasteiger partial charge >= 0.3 is 0 Å². The molecule has 0 spiro atoms. The number of ether oxygens (including phenoxy) is 1. The number of hydrogen-bond acceptors (Lipinski definition) is 4. The van der Waals surface area contributed by atoms with Crippen molar-refractivity contribution in [2.45, 2.75) is 25.7 Å². The minimum Gasteiger partial charge on any atom is -0.383 e. The molecule has 0 aromatic heterocycles. The van der Waals surface area contributed by atoms with Gasteiger partial charge in [0, 0.05) is 40.7 Å². The van der Waals surface area contributed by atoms with Crippen molar-refractivity contribution >= 4 is 5.91 Å². The molecule has 1 unspecified atom stereocenters. The van der Waals surface area contributed by atoms with Crippen molar-refractivity contribution < 1.29 is 9.53 Å². The van der Waals surface area contributed by atoms with Crippen LogP contribution in [0.5, 0.6) is 0 Å². The Bertz CT molecular complexity index is 272. The number of nitrogens with one attached hydrogen (secondary N) is 1. The first-order chi connectivity index (χ1) is 9.63. The van der Waals surface area contributed by atoms with E-state index in [1.54, 1.807) is 12.0 Å². The quantitative estimate of drug-likeness (QED) is 0.637. The van der Waals surface area contributed by atoms with Gasteiger partial charge in [0.1, 0.15) is 0 Å². The molecule has 118 valence electrons. The van der Waals surface area contributed by atoms with Crippen LogP contribution in [0.4, 0.5) is 0 Å². The first-order valence-electron chi connectivity index (χ1n) is 7.75. The minimum atomic E-state index is 0.236. The zero-order chi connectivity index (χ0) is 14.8. The second-order valence-electron chi connectivity index (χ2n) is 5.90. The average Bonchev–Trinajstić information content (AvgIpc) is 2.44. The van der Waals surface area contributed by atoms with Crippen LogP contribution in [0, 0.1) is 5.92 Å². The molecule has 20 heavy (non-hydrogen) atoms. The lowest BCUT2D eigenvalue weighted by atomic mass is 9.97. The molecule has 0 aliphatic carbocycles. The van der Waals surface area contributed by atoms with Crippen LogP contribution < -0.4 is 5.32 Å². The summed E-state index contributed by atoms with van der Waals surface area (Å²) >= 11 is 0. The van der Waals surface area contributed by atoms with E-state index < -0.39 is 0 Å². The van der Waals surface area contributed by atoms with E-state index in [9.17, 15) is 4.79 Å². The number of nitrogens with zero attached hydrogens (tertiary/aromatic N) is 2. The predicted octanol–water partition coefficient (Wildman–Crippen LogP) is 0.803. The van der Waals surface area contributed by atoms with Crippen LogP contribution in [-0.4, -0.2) is 76.2 Å². The Balaban J connectivity index is 2.12. The van der Waals surface area contributed by atoms with E-state index in [0.717, 1.165) is 45.1 Å². The highest BCUT2D eigenvalue weighted by Gasteiger charge is 2.19. The summed E-state index contributed by atoms with van der Waals surface area (Å²) in [6.45, 7) is 6.19. The van der Waals surface area contributed by atoms with Gasteiger partial charge in [-0.05, 0) is 44.8 Å². The maximum Gasteiger partial charge on any atom is 0.222 e. The molecule has 0 bridgehead atoms. The van der Waals surface area contributed by atoms with Crippen molar-refractivity contribution in [2.24, 2.45) is 5.92 Å². The third-order valence-electron chi connectivity index (χ3n) is 3.88. The summed E-state index contributed by atoms with van der Waals surface area (Å²) in [5.74, 6) is 0.977. The molecule has 1 saturated heterocycles. The number of piperidine rings is 1. The fourth-order valence-electron chi connectivity index (χ4n) is 2.68. The molecule has 1 atom stereocenters. The minimum absolute atomic E-state index is 0.236. The third kappa shape index (κ3) is 7.22. The molecule has 1 fully saturated rings. The molecule has 1 N–H and O–H groups in total. The summed E-state index contributed by atoms with van der Waals surface area (Å²) in [6, 6.07) is 0. The van der Waals surface area contributed by atoms with Crippen molar-refractivity contribution in [2.75, 3.05) is 60.5 Å². The third-order valence-corrected chi connectivity index (χ3v) is 3.88. The Morgan fingerprint density at radius 3 is 2.95 bits per heavy atom. The number of amides is 1. The van der Waals surface area contributed by atoms with Gasteiger partial charge in [0.25, 0.3) is 0 Å². The molecule has 1 aliphatic rings.